The van der Waals surface area contributed by atoms with Crippen LogP contribution in [0.2, 0.25) is 0 Å². The van der Waals surface area contributed by atoms with Gasteiger partial charge >= 0.3 is 0 Å². The summed E-state index contributed by atoms with van der Waals surface area (Å²) in [6, 6.07) is 1.20. The van der Waals surface area contributed by atoms with E-state index < -0.39 is 11.9 Å². The molecule has 0 saturated carbocycles. The summed E-state index contributed by atoms with van der Waals surface area (Å²) in [6.07, 6.45) is 0. The van der Waals surface area contributed by atoms with Gasteiger partial charge in [-0.2, -0.15) is 4.98 Å². The Hall–Kier alpha value is -1.85. The number of nitrogens with two attached hydrogens (primary N) is 1. The average Bonchev–Trinajstić information content (AvgIpc) is 2.24. The van der Waals surface area contributed by atoms with Gasteiger partial charge in [0.2, 0.25) is 11.8 Å². The molecule has 0 bridgehead atoms. The van der Waals surface area contributed by atoms with E-state index in [2.05, 4.69) is 15.3 Å². The number of nitrogens with one attached hydrogen (secondary N) is 1. The maximum atomic E-state index is 11.3. The highest BCUT2D eigenvalue weighted by Crippen LogP contribution is 2.16. The summed E-state index contributed by atoms with van der Waals surface area (Å²) < 4.78 is 5.32. The highest BCUT2D eigenvalue weighted by atomic mass is 16.5. The number of anilines is 1. The van der Waals surface area contributed by atoms with Crippen LogP contribution in [0.15, 0.2) is 6.07 Å². The predicted molar refractivity (Wildman–Crippen MR) is 69.4 cm³/mol. The number of primary amides is 1. The quantitative estimate of drug-likeness (QED) is 0.791. The molecule has 1 amide bonds. The van der Waals surface area contributed by atoms with Gasteiger partial charge in [-0.05, 0) is 19.8 Å². The third-order valence-corrected chi connectivity index (χ3v) is 2.38. The summed E-state index contributed by atoms with van der Waals surface area (Å²) in [5, 5.41) is 3.01. The van der Waals surface area contributed by atoms with Crippen LogP contribution < -0.4 is 15.8 Å². The van der Waals surface area contributed by atoms with Crippen molar-refractivity contribution in [2.45, 2.75) is 33.7 Å². The van der Waals surface area contributed by atoms with E-state index in [-0.39, 0.29) is 5.92 Å². The van der Waals surface area contributed by atoms with Gasteiger partial charge in [-0.1, -0.05) is 13.8 Å². The first-order chi connectivity index (χ1) is 8.43. The van der Waals surface area contributed by atoms with Crippen molar-refractivity contribution in [3.63, 3.8) is 0 Å². The molecule has 1 atom stereocenters. The fraction of sp³-hybridized carbons (Fsp3) is 0.583. The van der Waals surface area contributed by atoms with Crippen LogP contribution in [0.3, 0.4) is 0 Å². The highest BCUT2D eigenvalue weighted by molar-refractivity contribution is 5.82. The number of hydrogen-bond acceptors (Lipinski definition) is 5. The van der Waals surface area contributed by atoms with Crippen LogP contribution in [-0.4, -0.2) is 28.5 Å². The lowest BCUT2D eigenvalue weighted by molar-refractivity contribution is -0.119. The summed E-state index contributed by atoms with van der Waals surface area (Å²) in [5.74, 6) is 1.28. The number of ether oxygens (including phenoxy) is 1. The van der Waals surface area contributed by atoms with Crippen LogP contribution in [0.4, 0.5) is 5.82 Å². The fourth-order valence-corrected chi connectivity index (χ4v) is 1.56. The lowest BCUT2D eigenvalue weighted by Gasteiger charge is -2.19. The molecule has 1 aromatic heterocycles. The van der Waals surface area contributed by atoms with Crippen molar-refractivity contribution in [2.75, 3.05) is 11.9 Å². The summed E-state index contributed by atoms with van der Waals surface area (Å²) in [6.45, 7) is 8.01. The molecule has 1 heterocycles. The van der Waals surface area contributed by atoms with Crippen molar-refractivity contribution in [2.24, 2.45) is 11.7 Å². The van der Waals surface area contributed by atoms with Crippen molar-refractivity contribution >= 4 is 11.7 Å². The Bertz CT molecular complexity index is 421. The molecule has 100 valence electrons. The summed E-state index contributed by atoms with van der Waals surface area (Å²) in [5.41, 5.74) is 5.34. The number of nitrogens with zero attached hydrogens (tertiary/aromatic N) is 2. The number of rotatable bonds is 6. The molecule has 0 saturated heterocycles. The largest absolute Gasteiger partial charge is 0.478 e. The molecule has 0 spiro atoms. The first kappa shape index (κ1) is 14.2. The van der Waals surface area contributed by atoms with E-state index in [1.165, 1.54) is 0 Å². The Morgan fingerprint density at radius 2 is 2.17 bits per heavy atom. The third kappa shape index (κ3) is 3.87. The minimum atomic E-state index is -0.464. The number of carbonyl (C=O) groups excluding carboxylic acids is 1. The first-order valence-electron chi connectivity index (χ1n) is 5.98. The molecule has 0 aliphatic rings. The molecule has 0 aromatic carbocycles. The topological polar surface area (TPSA) is 90.1 Å². The lowest BCUT2D eigenvalue weighted by Crippen LogP contribution is -2.39. The van der Waals surface area contributed by atoms with Gasteiger partial charge in [0.15, 0.2) is 0 Å². The first-order valence-corrected chi connectivity index (χ1v) is 5.98. The molecule has 0 aliphatic carbocycles. The third-order valence-electron chi connectivity index (χ3n) is 2.38. The standard InChI is InChI=1S/C12H20N4O2/c1-5-18-10-6-9(14-8(4)15-10)16-11(7(2)3)12(13)17/h6-7,11H,5H2,1-4H3,(H2,13,17)(H,14,15,16). The van der Waals surface area contributed by atoms with Crippen LogP contribution in [0.5, 0.6) is 5.88 Å². The Kier molecular flexibility index (Phi) is 4.88. The van der Waals surface area contributed by atoms with E-state index in [9.17, 15) is 4.79 Å². The van der Waals surface area contributed by atoms with Gasteiger partial charge in [0.1, 0.15) is 17.7 Å². The van der Waals surface area contributed by atoms with Crippen molar-refractivity contribution in [1.29, 1.82) is 0 Å². The minimum Gasteiger partial charge on any atom is -0.478 e. The van der Waals surface area contributed by atoms with Crippen LogP contribution in [-0.2, 0) is 4.79 Å². The second-order valence-electron chi connectivity index (χ2n) is 4.34. The molecular weight excluding hydrogens is 232 g/mol. The van der Waals surface area contributed by atoms with Gasteiger partial charge in [-0.15, -0.1) is 0 Å². The monoisotopic (exact) mass is 252 g/mol. The molecule has 6 heteroatoms. The van der Waals surface area contributed by atoms with E-state index >= 15 is 0 Å². The van der Waals surface area contributed by atoms with Crippen LogP contribution in [0.25, 0.3) is 0 Å². The zero-order chi connectivity index (χ0) is 13.7. The van der Waals surface area contributed by atoms with Gasteiger partial charge in [0, 0.05) is 6.07 Å². The van der Waals surface area contributed by atoms with E-state index in [0.717, 1.165) is 0 Å². The second-order valence-corrected chi connectivity index (χ2v) is 4.34. The predicted octanol–water partition coefficient (Wildman–Crippen LogP) is 1.11. The Morgan fingerprint density at radius 3 is 2.67 bits per heavy atom. The Balaban J connectivity index is 2.91. The van der Waals surface area contributed by atoms with Gasteiger partial charge in [-0.25, -0.2) is 4.98 Å². The molecule has 1 aromatic rings. The second kappa shape index (κ2) is 6.18. The number of aromatic nitrogens is 2. The van der Waals surface area contributed by atoms with Crippen molar-refractivity contribution < 1.29 is 9.53 Å². The van der Waals surface area contributed by atoms with Crippen LogP contribution in [0.1, 0.15) is 26.6 Å². The molecular formula is C12H20N4O2. The normalized spacial score (nSPS) is 12.3. The molecule has 1 unspecified atom stereocenters. The van der Waals surface area contributed by atoms with E-state index in [1.54, 1.807) is 13.0 Å². The number of hydrogen-bond donors (Lipinski definition) is 2. The molecule has 0 aliphatic heterocycles. The van der Waals surface area contributed by atoms with Crippen molar-refractivity contribution in [1.82, 2.24) is 9.97 Å². The van der Waals surface area contributed by atoms with Crippen molar-refractivity contribution in [3.8, 4) is 5.88 Å². The maximum absolute atomic E-state index is 11.3. The molecule has 1 rings (SSSR count). The fourth-order valence-electron chi connectivity index (χ4n) is 1.56. The lowest BCUT2D eigenvalue weighted by atomic mass is 10.0. The zero-order valence-corrected chi connectivity index (χ0v) is 11.2. The summed E-state index contributed by atoms with van der Waals surface area (Å²) in [4.78, 5) is 19.7. The van der Waals surface area contributed by atoms with Crippen LogP contribution in [0, 0.1) is 12.8 Å². The van der Waals surface area contributed by atoms with Gasteiger partial charge in [0.25, 0.3) is 0 Å². The molecule has 0 fully saturated rings. The number of amides is 1. The Morgan fingerprint density at radius 1 is 1.50 bits per heavy atom. The minimum absolute atomic E-state index is 0.0771. The number of carbonyl (C=O) groups is 1. The SMILES string of the molecule is CCOc1cc(NC(C(N)=O)C(C)C)nc(C)n1. The summed E-state index contributed by atoms with van der Waals surface area (Å²) >= 11 is 0. The molecule has 3 N–H and O–H groups in total. The maximum Gasteiger partial charge on any atom is 0.240 e. The van der Waals surface area contributed by atoms with E-state index in [0.29, 0.717) is 24.1 Å². The zero-order valence-electron chi connectivity index (χ0n) is 11.2. The molecule has 6 nitrogen and oxygen atoms in total. The molecule has 0 radical (unpaired) electrons. The highest BCUT2D eigenvalue weighted by Gasteiger charge is 2.20. The smallest absolute Gasteiger partial charge is 0.240 e. The summed E-state index contributed by atoms with van der Waals surface area (Å²) in [7, 11) is 0. The van der Waals surface area contributed by atoms with Crippen molar-refractivity contribution in [3.05, 3.63) is 11.9 Å². The molecule has 18 heavy (non-hydrogen) atoms. The number of aryl methyl sites for hydroxylation is 1. The van der Waals surface area contributed by atoms with Gasteiger partial charge < -0.3 is 15.8 Å². The van der Waals surface area contributed by atoms with Gasteiger partial charge in [-0.3, -0.25) is 4.79 Å². The Labute approximate surface area is 107 Å². The van der Waals surface area contributed by atoms with Crippen LogP contribution >= 0.6 is 0 Å². The average molecular weight is 252 g/mol. The van der Waals surface area contributed by atoms with Gasteiger partial charge in [0.05, 0.1) is 6.61 Å². The van der Waals surface area contributed by atoms with E-state index in [4.69, 9.17) is 10.5 Å². The van der Waals surface area contributed by atoms with E-state index in [1.807, 2.05) is 20.8 Å².